The summed E-state index contributed by atoms with van der Waals surface area (Å²) in [6, 6.07) is 13.8. The maximum absolute atomic E-state index is 12.6. The Morgan fingerprint density at radius 1 is 1.13 bits per heavy atom. The minimum Gasteiger partial charge on any atom is -0.410 e. The Kier molecular flexibility index (Phi) is 5.97. The third-order valence-corrected chi connectivity index (χ3v) is 4.16. The van der Waals surface area contributed by atoms with Crippen molar-refractivity contribution in [3.63, 3.8) is 0 Å². The zero-order chi connectivity index (χ0) is 21.7. The fourth-order valence-corrected chi connectivity index (χ4v) is 2.66. The number of nitrogens with zero attached hydrogens (tertiary/aromatic N) is 1. The first-order valence-corrected chi connectivity index (χ1v) is 8.94. The molecule has 30 heavy (non-hydrogen) atoms. The zero-order valence-corrected chi connectivity index (χ0v) is 16.4. The SMILES string of the molecule is CNC(=O)Oc1ccc2[nH]c(C(=O)Nc3ccc(/C(C)=N\NC(=N)N)cc3)cc2c1. The Bertz CT molecular complexity index is 1130. The number of hydrazone groups is 1. The molecular weight excluding hydrogens is 386 g/mol. The standard InChI is InChI=1S/C20H21N7O3/c1-11(26-27-19(21)22)12-3-5-14(6-4-12)24-18(28)17-10-13-9-15(30-20(29)23-2)7-8-16(13)25-17/h3-10,25H,1-2H3,(H,23,29)(H,24,28)(H4,21,22,27)/b26-11-. The smallest absolute Gasteiger partial charge is 0.410 e. The lowest BCUT2D eigenvalue weighted by Crippen LogP contribution is -2.26. The molecule has 0 fully saturated rings. The number of H-pyrrole nitrogens is 1. The second-order valence-corrected chi connectivity index (χ2v) is 6.33. The van der Waals surface area contributed by atoms with Crippen LogP contribution in [0.3, 0.4) is 0 Å². The van der Waals surface area contributed by atoms with E-state index in [0.717, 1.165) is 16.5 Å². The van der Waals surface area contributed by atoms with Gasteiger partial charge in [-0.15, -0.1) is 0 Å². The number of carbonyl (C=O) groups is 2. The van der Waals surface area contributed by atoms with Crippen LogP contribution < -0.4 is 26.5 Å². The Balaban J connectivity index is 1.71. The number of hydrogen-bond donors (Lipinski definition) is 6. The lowest BCUT2D eigenvalue weighted by Gasteiger charge is -2.06. The van der Waals surface area contributed by atoms with Gasteiger partial charge in [0.15, 0.2) is 0 Å². The van der Waals surface area contributed by atoms with E-state index >= 15 is 0 Å². The van der Waals surface area contributed by atoms with Gasteiger partial charge in [-0.25, -0.2) is 10.2 Å². The molecule has 10 nitrogen and oxygen atoms in total. The van der Waals surface area contributed by atoms with Crippen molar-refractivity contribution in [1.29, 1.82) is 5.41 Å². The quantitative estimate of drug-likeness (QED) is 0.217. The van der Waals surface area contributed by atoms with Gasteiger partial charge in [-0.05, 0) is 48.9 Å². The van der Waals surface area contributed by atoms with Crippen molar-refractivity contribution in [1.82, 2.24) is 15.7 Å². The summed E-state index contributed by atoms with van der Waals surface area (Å²) in [5.74, 6) is -0.181. The van der Waals surface area contributed by atoms with Gasteiger partial charge in [-0.2, -0.15) is 5.10 Å². The molecule has 0 atom stereocenters. The van der Waals surface area contributed by atoms with Crippen LogP contribution in [-0.2, 0) is 0 Å². The van der Waals surface area contributed by atoms with Crippen LogP contribution in [0, 0.1) is 5.41 Å². The van der Waals surface area contributed by atoms with Crippen molar-refractivity contribution in [2.24, 2.45) is 10.8 Å². The van der Waals surface area contributed by atoms with Crippen molar-refractivity contribution in [2.45, 2.75) is 6.92 Å². The van der Waals surface area contributed by atoms with E-state index in [2.05, 4.69) is 26.1 Å². The summed E-state index contributed by atoms with van der Waals surface area (Å²) in [7, 11) is 1.48. The number of anilines is 1. The van der Waals surface area contributed by atoms with E-state index in [0.29, 0.717) is 22.8 Å². The first-order chi connectivity index (χ1) is 14.4. The average Bonchev–Trinajstić information content (AvgIpc) is 3.16. The predicted octanol–water partition coefficient (Wildman–Crippen LogP) is 2.35. The molecule has 2 amide bonds. The number of benzene rings is 2. The summed E-state index contributed by atoms with van der Waals surface area (Å²) in [6.45, 7) is 1.77. The van der Waals surface area contributed by atoms with Gasteiger partial charge in [0.25, 0.3) is 5.91 Å². The molecule has 0 aliphatic heterocycles. The van der Waals surface area contributed by atoms with Crippen LogP contribution in [-0.4, -0.2) is 35.7 Å². The number of fused-ring (bicyclic) bond motifs is 1. The van der Waals surface area contributed by atoms with Crippen molar-refractivity contribution in [3.05, 3.63) is 59.8 Å². The van der Waals surface area contributed by atoms with Crippen LogP contribution in [0.15, 0.2) is 53.6 Å². The van der Waals surface area contributed by atoms with E-state index in [4.69, 9.17) is 15.9 Å². The molecule has 0 saturated heterocycles. The van der Waals surface area contributed by atoms with Crippen molar-refractivity contribution in [3.8, 4) is 5.75 Å². The highest BCUT2D eigenvalue weighted by Crippen LogP contribution is 2.22. The van der Waals surface area contributed by atoms with Gasteiger partial charge in [0, 0.05) is 23.6 Å². The van der Waals surface area contributed by atoms with Crippen molar-refractivity contribution >= 4 is 40.3 Å². The van der Waals surface area contributed by atoms with E-state index in [-0.39, 0.29) is 11.9 Å². The molecule has 7 N–H and O–H groups in total. The van der Waals surface area contributed by atoms with Crippen LogP contribution in [0.25, 0.3) is 10.9 Å². The largest absolute Gasteiger partial charge is 0.412 e. The van der Waals surface area contributed by atoms with E-state index in [1.54, 1.807) is 55.5 Å². The van der Waals surface area contributed by atoms with E-state index in [1.165, 1.54) is 7.05 Å². The number of nitrogens with two attached hydrogens (primary N) is 1. The second-order valence-electron chi connectivity index (χ2n) is 6.33. The Hall–Kier alpha value is -4.34. The molecule has 0 radical (unpaired) electrons. The fraction of sp³-hybridized carbons (Fsp3) is 0.100. The van der Waals surface area contributed by atoms with E-state index in [1.807, 2.05) is 0 Å². The lowest BCUT2D eigenvalue weighted by atomic mass is 10.1. The second kappa shape index (κ2) is 8.78. The summed E-state index contributed by atoms with van der Waals surface area (Å²) in [4.78, 5) is 27.0. The number of carbonyl (C=O) groups excluding carboxylic acids is 2. The summed E-state index contributed by atoms with van der Waals surface area (Å²) < 4.78 is 5.10. The molecule has 0 saturated carbocycles. The van der Waals surface area contributed by atoms with Gasteiger partial charge >= 0.3 is 6.09 Å². The summed E-state index contributed by atoms with van der Waals surface area (Å²) >= 11 is 0. The molecule has 0 aliphatic rings. The first kappa shape index (κ1) is 20.4. The van der Waals surface area contributed by atoms with Crippen molar-refractivity contribution in [2.75, 3.05) is 12.4 Å². The number of ether oxygens (including phenoxy) is 1. The van der Waals surface area contributed by atoms with E-state index in [9.17, 15) is 9.59 Å². The molecule has 0 spiro atoms. The molecule has 0 unspecified atom stereocenters. The first-order valence-electron chi connectivity index (χ1n) is 8.94. The third-order valence-electron chi connectivity index (χ3n) is 4.16. The molecule has 0 aliphatic carbocycles. The van der Waals surface area contributed by atoms with E-state index < -0.39 is 6.09 Å². The Morgan fingerprint density at radius 2 is 1.87 bits per heavy atom. The molecule has 154 valence electrons. The summed E-state index contributed by atoms with van der Waals surface area (Å²) in [6.07, 6.45) is -0.566. The maximum Gasteiger partial charge on any atom is 0.412 e. The molecule has 10 heteroatoms. The summed E-state index contributed by atoms with van der Waals surface area (Å²) in [5, 5.41) is 17.0. The van der Waals surface area contributed by atoms with Crippen LogP contribution in [0.1, 0.15) is 23.0 Å². The van der Waals surface area contributed by atoms with Crippen molar-refractivity contribution < 1.29 is 14.3 Å². The fourth-order valence-electron chi connectivity index (χ4n) is 2.66. The highest BCUT2D eigenvalue weighted by molar-refractivity contribution is 6.06. The van der Waals surface area contributed by atoms with Gasteiger partial charge in [0.1, 0.15) is 11.4 Å². The number of hydrogen-bond acceptors (Lipinski definition) is 5. The number of aromatic nitrogens is 1. The average molecular weight is 407 g/mol. The number of aromatic amines is 1. The molecule has 0 bridgehead atoms. The highest BCUT2D eigenvalue weighted by atomic mass is 16.5. The van der Waals surface area contributed by atoms with Crippen LogP contribution >= 0.6 is 0 Å². The van der Waals surface area contributed by atoms with Crippen LogP contribution in [0.2, 0.25) is 0 Å². The molecule has 3 rings (SSSR count). The number of guanidine groups is 1. The maximum atomic E-state index is 12.6. The van der Waals surface area contributed by atoms with Gasteiger partial charge in [-0.1, -0.05) is 12.1 Å². The molecule has 1 heterocycles. The lowest BCUT2D eigenvalue weighted by molar-refractivity contribution is 0.102. The zero-order valence-electron chi connectivity index (χ0n) is 16.4. The van der Waals surface area contributed by atoms with Gasteiger partial charge in [0.05, 0.1) is 5.71 Å². The minimum atomic E-state index is -0.566. The number of rotatable bonds is 5. The molecular formula is C20H21N7O3. The normalized spacial score (nSPS) is 11.1. The molecule has 1 aromatic heterocycles. The monoisotopic (exact) mass is 407 g/mol. The number of amides is 2. The van der Waals surface area contributed by atoms with Crippen LogP contribution in [0.5, 0.6) is 5.75 Å². The van der Waals surface area contributed by atoms with Crippen LogP contribution in [0.4, 0.5) is 10.5 Å². The topological polar surface area (TPSA) is 157 Å². The Labute approximate surface area is 172 Å². The third kappa shape index (κ3) is 4.93. The predicted molar refractivity (Wildman–Crippen MR) is 115 cm³/mol. The van der Waals surface area contributed by atoms with Gasteiger partial charge in [-0.3, -0.25) is 10.2 Å². The molecule has 2 aromatic carbocycles. The summed E-state index contributed by atoms with van der Waals surface area (Å²) in [5.41, 5.74) is 10.8. The minimum absolute atomic E-state index is 0.246. The number of nitrogens with one attached hydrogen (secondary N) is 5. The highest BCUT2D eigenvalue weighted by Gasteiger charge is 2.11. The van der Waals surface area contributed by atoms with Gasteiger partial charge in [0.2, 0.25) is 5.96 Å². The van der Waals surface area contributed by atoms with Gasteiger partial charge < -0.3 is 26.1 Å². The Morgan fingerprint density at radius 3 is 2.53 bits per heavy atom. The molecule has 3 aromatic rings.